The number of rotatable bonds is 6. The van der Waals surface area contributed by atoms with Crippen LogP contribution >= 0.6 is 0 Å². The molecule has 0 rings (SSSR count). The predicted octanol–water partition coefficient (Wildman–Crippen LogP) is 1.81. The third-order valence-corrected chi connectivity index (χ3v) is 2.68. The molecule has 0 fully saturated rings. The monoisotopic (exact) mass is 229 g/mol. The highest BCUT2D eigenvalue weighted by atomic mass is 16.2. The summed E-state index contributed by atoms with van der Waals surface area (Å²) in [6, 6.07) is 0.459. The van der Waals surface area contributed by atoms with Crippen molar-refractivity contribution in [2.24, 2.45) is 0 Å². The molecule has 0 aliphatic carbocycles. The summed E-state index contributed by atoms with van der Waals surface area (Å²) in [4.78, 5) is 13.5. The van der Waals surface area contributed by atoms with Gasteiger partial charge in [0.25, 0.3) is 0 Å². The van der Waals surface area contributed by atoms with E-state index in [-0.39, 0.29) is 11.6 Å². The fourth-order valence-electron chi connectivity index (χ4n) is 1.10. The van der Waals surface area contributed by atoms with Gasteiger partial charge in [-0.3, -0.25) is 0 Å². The summed E-state index contributed by atoms with van der Waals surface area (Å²) in [5, 5.41) is 6.29. The van der Waals surface area contributed by atoms with Crippen LogP contribution in [0.25, 0.3) is 0 Å². The molecule has 2 N–H and O–H groups in total. The van der Waals surface area contributed by atoms with Crippen LogP contribution in [0.5, 0.6) is 0 Å². The van der Waals surface area contributed by atoms with Crippen LogP contribution in [0.2, 0.25) is 0 Å². The van der Waals surface area contributed by atoms with Gasteiger partial charge < -0.3 is 15.5 Å². The van der Waals surface area contributed by atoms with Gasteiger partial charge in [-0.15, -0.1) is 0 Å². The molecule has 96 valence electrons. The number of carbonyl (C=O) groups is 1. The van der Waals surface area contributed by atoms with Gasteiger partial charge in [-0.2, -0.15) is 0 Å². The van der Waals surface area contributed by atoms with Gasteiger partial charge in [0.05, 0.1) is 0 Å². The van der Waals surface area contributed by atoms with E-state index in [2.05, 4.69) is 31.4 Å². The van der Waals surface area contributed by atoms with Crippen LogP contribution in [0, 0.1) is 0 Å². The lowest BCUT2D eigenvalue weighted by molar-refractivity contribution is 0.196. The topological polar surface area (TPSA) is 44.4 Å². The highest BCUT2D eigenvalue weighted by molar-refractivity contribution is 5.74. The van der Waals surface area contributed by atoms with E-state index in [1.54, 1.807) is 4.90 Å². The van der Waals surface area contributed by atoms with Crippen molar-refractivity contribution in [2.75, 3.05) is 20.1 Å². The summed E-state index contributed by atoms with van der Waals surface area (Å²) in [5.41, 5.74) is -0.128. The van der Waals surface area contributed by atoms with E-state index in [9.17, 15) is 4.79 Å². The van der Waals surface area contributed by atoms with E-state index >= 15 is 0 Å². The fraction of sp³-hybridized carbons (Fsp3) is 0.917. The van der Waals surface area contributed by atoms with E-state index in [0.29, 0.717) is 6.04 Å². The Morgan fingerprint density at radius 1 is 1.38 bits per heavy atom. The molecule has 4 nitrogen and oxygen atoms in total. The number of amides is 2. The maximum Gasteiger partial charge on any atom is 0.317 e. The quantitative estimate of drug-likeness (QED) is 0.729. The Morgan fingerprint density at radius 2 is 1.94 bits per heavy atom. The molecule has 0 heterocycles. The molecular weight excluding hydrogens is 202 g/mol. The molecule has 0 aromatic carbocycles. The van der Waals surface area contributed by atoms with Gasteiger partial charge in [-0.05, 0) is 20.3 Å². The van der Waals surface area contributed by atoms with Crippen LogP contribution in [0.1, 0.15) is 41.0 Å². The van der Waals surface area contributed by atoms with Crippen LogP contribution in [0.4, 0.5) is 4.79 Å². The highest BCUT2D eigenvalue weighted by Gasteiger charge is 2.19. The average Bonchev–Trinajstić information content (AvgIpc) is 2.16. The van der Waals surface area contributed by atoms with Crippen LogP contribution in [-0.2, 0) is 0 Å². The number of urea groups is 1. The minimum Gasteiger partial charge on any atom is -0.333 e. The molecule has 0 radical (unpaired) electrons. The first-order valence-corrected chi connectivity index (χ1v) is 6.05. The summed E-state index contributed by atoms with van der Waals surface area (Å²) in [6.07, 6.45) is 0.927. The van der Waals surface area contributed by atoms with Crippen molar-refractivity contribution in [1.29, 1.82) is 0 Å². The third-order valence-electron chi connectivity index (χ3n) is 2.68. The Bertz CT molecular complexity index is 214. The predicted molar refractivity (Wildman–Crippen MR) is 68.7 cm³/mol. The summed E-state index contributed by atoms with van der Waals surface area (Å²) in [6.45, 7) is 11.9. The van der Waals surface area contributed by atoms with Crippen LogP contribution < -0.4 is 10.6 Å². The Hall–Kier alpha value is -0.770. The molecule has 0 unspecified atom stereocenters. The van der Waals surface area contributed by atoms with Gasteiger partial charge in [0.2, 0.25) is 0 Å². The van der Waals surface area contributed by atoms with Gasteiger partial charge >= 0.3 is 6.03 Å². The zero-order chi connectivity index (χ0) is 12.8. The van der Waals surface area contributed by atoms with E-state index in [1.165, 1.54) is 0 Å². The molecule has 0 saturated heterocycles. The molecular formula is C12H27N3O. The molecule has 0 spiro atoms. The molecule has 4 heteroatoms. The Balaban J connectivity index is 3.91. The molecule has 0 aromatic heterocycles. The lowest BCUT2D eigenvalue weighted by Crippen LogP contribution is -2.49. The van der Waals surface area contributed by atoms with Gasteiger partial charge in [-0.1, -0.05) is 20.8 Å². The lowest BCUT2D eigenvalue weighted by Gasteiger charge is -2.28. The first kappa shape index (κ1) is 15.2. The number of hydrogen-bond donors (Lipinski definition) is 2. The minimum absolute atomic E-state index is 0.00240. The van der Waals surface area contributed by atoms with Gasteiger partial charge in [0.15, 0.2) is 0 Å². The van der Waals surface area contributed by atoms with Crippen LogP contribution in [0.3, 0.4) is 0 Å². The lowest BCUT2D eigenvalue weighted by atomic mass is 10.0. The zero-order valence-electron chi connectivity index (χ0n) is 11.6. The van der Waals surface area contributed by atoms with Crippen molar-refractivity contribution in [3.05, 3.63) is 0 Å². The van der Waals surface area contributed by atoms with Gasteiger partial charge in [0, 0.05) is 31.7 Å². The molecule has 0 atom stereocenters. The summed E-state index contributed by atoms with van der Waals surface area (Å²) in [7, 11) is 1.82. The van der Waals surface area contributed by atoms with E-state index in [0.717, 1.165) is 19.5 Å². The molecule has 0 aliphatic rings. The molecule has 0 aromatic rings. The molecule has 16 heavy (non-hydrogen) atoms. The van der Waals surface area contributed by atoms with Crippen molar-refractivity contribution in [1.82, 2.24) is 15.5 Å². The fourth-order valence-corrected chi connectivity index (χ4v) is 1.10. The first-order chi connectivity index (χ1) is 7.28. The number of hydrogen-bond acceptors (Lipinski definition) is 2. The maximum atomic E-state index is 11.8. The summed E-state index contributed by atoms with van der Waals surface area (Å²) >= 11 is 0. The third kappa shape index (κ3) is 6.67. The minimum atomic E-state index is -0.128. The number of carbonyl (C=O) groups excluding carboxylic acids is 1. The standard InChI is InChI=1S/C12H27N3O/c1-7-12(4,5)14-11(16)15(6)9-8-13-10(2)3/h10,13H,7-9H2,1-6H3,(H,14,16). The van der Waals surface area contributed by atoms with Gasteiger partial charge in [0.1, 0.15) is 0 Å². The van der Waals surface area contributed by atoms with Crippen molar-refractivity contribution in [2.45, 2.75) is 52.6 Å². The second-order valence-electron chi connectivity index (χ2n) is 5.20. The van der Waals surface area contributed by atoms with Gasteiger partial charge in [-0.25, -0.2) is 4.79 Å². The Morgan fingerprint density at radius 3 is 2.38 bits per heavy atom. The molecule has 0 saturated carbocycles. The van der Waals surface area contributed by atoms with Crippen LogP contribution in [-0.4, -0.2) is 42.6 Å². The van der Waals surface area contributed by atoms with E-state index < -0.39 is 0 Å². The maximum absolute atomic E-state index is 11.8. The highest BCUT2D eigenvalue weighted by Crippen LogP contribution is 2.07. The molecule has 0 aliphatic heterocycles. The smallest absolute Gasteiger partial charge is 0.317 e. The second-order valence-corrected chi connectivity index (χ2v) is 5.20. The van der Waals surface area contributed by atoms with E-state index in [4.69, 9.17) is 0 Å². The first-order valence-electron chi connectivity index (χ1n) is 6.05. The molecule has 2 amide bonds. The van der Waals surface area contributed by atoms with Crippen molar-refractivity contribution in [3.63, 3.8) is 0 Å². The Labute approximate surface area is 99.8 Å². The number of nitrogens with zero attached hydrogens (tertiary/aromatic N) is 1. The number of nitrogens with one attached hydrogen (secondary N) is 2. The SMILES string of the molecule is CCC(C)(C)NC(=O)N(C)CCNC(C)C. The van der Waals surface area contributed by atoms with E-state index in [1.807, 2.05) is 20.9 Å². The van der Waals surface area contributed by atoms with Crippen molar-refractivity contribution in [3.8, 4) is 0 Å². The summed E-state index contributed by atoms with van der Waals surface area (Å²) < 4.78 is 0. The van der Waals surface area contributed by atoms with Crippen molar-refractivity contribution < 1.29 is 4.79 Å². The Kier molecular flexibility index (Phi) is 6.41. The van der Waals surface area contributed by atoms with Crippen LogP contribution in [0.15, 0.2) is 0 Å². The summed E-state index contributed by atoms with van der Waals surface area (Å²) in [5.74, 6) is 0. The second kappa shape index (κ2) is 6.74. The average molecular weight is 229 g/mol. The number of likely N-dealkylation sites (N-methyl/N-ethyl adjacent to an activating group) is 1. The largest absolute Gasteiger partial charge is 0.333 e. The van der Waals surface area contributed by atoms with Crippen molar-refractivity contribution >= 4 is 6.03 Å². The zero-order valence-corrected chi connectivity index (χ0v) is 11.6. The molecule has 0 bridgehead atoms. The normalized spacial score (nSPS) is 11.7.